The molecular formula is C17H23N3O. The maximum atomic E-state index is 5.38. The summed E-state index contributed by atoms with van der Waals surface area (Å²) in [5.74, 6) is 1.07. The molecule has 2 bridgehead atoms. The molecule has 2 unspecified atom stereocenters. The van der Waals surface area contributed by atoms with E-state index in [2.05, 4.69) is 34.1 Å². The van der Waals surface area contributed by atoms with Gasteiger partial charge >= 0.3 is 0 Å². The van der Waals surface area contributed by atoms with Gasteiger partial charge in [-0.25, -0.2) is 4.98 Å². The first-order chi connectivity index (χ1) is 10.3. The van der Waals surface area contributed by atoms with Crippen LogP contribution in [0.5, 0.6) is 0 Å². The average Bonchev–Trinajstić information content (AvgIpc) is 2.85. The predicted molar refractivity (Wildman–Crippen MR) is 83.3 cm³/mol. The van der Waals surface area contributed by atoms with Crippen LogP contribution in [0.25, 0.3) is 11.0 Å². The van der Waals surface area contributed by atoms with Crippen molar-refractivity contribution < 1.29 is 4.74 Å². The molecule has 4 rings (SSSR count). The lowest BCUT2D eigenvalue weighted by atomic mass is 9.84. The Kier molecular flexibility index (Phi) is 3.43. The van der Waals surface area contributed by atoms with E-state index in [0.717, 1.165) is 11.3 Å². The lowest BCUT2D eigenvalue weighted by molar-refractivity contribution is 0.157. The number of hydrogen-bond donors (Lipinski definition) is 1. The smallest absolute Gasteiger partial charge is 0.136 e. The largest absolute Gasteiger partial charge is 0.377 e. The zero-order chi connectivity index (χ0) is 14.2. The summed E-state index contributed by atoms with van der Waals surface area (Å²) in [6, 6.07) is 10.4. The Bertz CT molecular complexity index is 624. The Hall–Kier alpha value is -1.39. The first-order valence-corrected chi connectivity index (χ1v) is 8.06. The second kappa shape index (κ2) is 5.43. The van der Waals surface area contributed by atoms with Crippen LogP contribution >= 0.6 is 0 Å². The molecule has 1 aromatic carbocycles. The monoisotopic (exact) mass is 285 g/mol. The summed E-state index contributed by atoms with van der Waals surface area (Å²) in [7, 11) is 1.75. The highest BCUT2D eigenvalue weighted by atomic mass is 16.5. The molecule has 21 heavy (non-hydrogen) atoms. The zero-order valence-electron chi connectivity index (χ0n) is 12.6. The third kappa shape index (κ3) is 2.36. The molecule has 112 valence electrons. The Morgan fingerprint density at radius 3 is 2.76 bits per heavy atom. The minimum atomic E-state index is 0.555. The van der Waals surface area contributed by atoms with Crippen LogP contribution in [-0.4, -0.2) is 28.7 Å². The van der Waals surface area contributed by atoms with E-state index < -0.39 is 0 Å². The number of nitrogens with zero attached hydrogens (tertiary/aromatic N) is 2. The molecule has 0 radical (unpaired) electrons. The van der Waals surface area contributed by atoms with Gasteiger partial charge in [-0.15, -0.1) is 0 Å². The highest BCUT2D eigenvalue weighted by Crippen LogP contribution is 2.35. The number of para-hydroxylation sites is 2. The molecule has 0 spiro atoms. The van der Waals surface area contributed by atoms with Crippen molar-refractivity contribution in [2.45, 2.75) is 56.8 Å². The Morgan fingerprint density at radius 2 is 2.00 bits per heavy atom. The second-order valence-corrected chi connectivity index (χ2v) is 6.44. The third-order valence-corrected chi connectivity index (χ3v) is 5.00. The summed E-state index contributed by atoms with van der Waals surface area (Å²) in [5, 5.41) is 3.78. The van der Waals surface area contributed by atoms with E-state index in [4.69, 9.17) is 9.72 Å². The van der Waals surface area contributed by atoms with Crippen LogP contribution in [0, 0.1) is 0 Å². The number of methoxy groups -OCH3 is 1. The van der Waals surface area contributed by atoms with Crippen LogP contribution in [0.15, 0.2) is 24.3 Å². The quantitative estimate of drug-likeness (QED) is 0.942. The van der Waals surface area contributed by atoms with Crippen molar-refractivity contribution in [2.24, 2.45) is 0 Å². The predicted octanol–water partition coefficient (Wildman–Crippen LogP) is 3.03. The van der Waals surface area contributed by atoms with E-state index >= 15 is 0 Å². The molecule has 4 nitrogen and oxygen atoms in total. The van der Waals surface area contributed by atoms with Gasteiger partial charge in [0.2, 0.25) is 0 Å². The zero-order valence-corrected chi connectivity index (χ0v) is 12.6. The number of ether oxygens (including phenoxy) is 1. The first kappa shape index (κ1) is 13.3. The van der Waals surface area contributed by atoms with Gasteiger partial charge in [-0.3, -0.25) is 0 Å². The van der Waals surface area contributed by atoms with Crippen LogP contribution in [0.1, 0.15) is 44.0 Å². The van der Waals surface area contributed by atoms with Gasteiger partial charge in [-0.05, 0) is 37.8 Å². The fourth-order valence-electron chi connectivity index (χ4n) is 4.18. The van der Waals surface area contributed by atoms with Gasteiger partial charge in [-0.2, -0.15) is 0 Å². The van der Waals surface area contributed by atoms with Crippen molar-refractivity contribution in [1.29, 1.82) is 0 Å². The Morgan fingerprint density at radius 1 is 1.24 bits per heavy atom. The van der Waals surface area contributed by atoms with Gasteiger partial charge in [0, 0.05) is 25.2 Å². The molecule has 3 heterocycles. The van der Waals surface area contributed by atoms with Crippen LogP contribution in [0.2, 0.25) is 0 Å². The minimum absolute atomic E-state index is 0.555. The highest BCUT2D eigenvalue weighted by Gasteiger charge is 2.33. The first-order valence-electron chi connectivity index (χ1n) is 8.06. The molecule has 4 heteroatoms. The number of nitrogens with one attached hydrogen (secondary N) is 1. The van der Waals surface area contributed by atoms with Crippen LogP contribution in [0.3, 0.4) is 0 Å². The summed E-state index contributed by atoms with van der Waals surface area (Å²) in [6.45, 7) is 0.591. The molecule has 2 aromatic rings. The number of imidazole rings is 1. The molecule has 2 fully saturated rings. The number of fused-ring (bicyclic) bond motifs is 3. The molecule has 0 saturated carbocycles. The number of piperidine rings is 2. The van der Waals surface area contributed by atoms with E-state index in [1.807, 2.05) is 0 Å². The topological polar surface area (TPSA) is 39.1 Å². The SMILES string of the molecule is COCc1nc2ccccc2n1C1CC2CCCC(C1)N2. The van der Waals surface area contributed by atoms with Crippen LogP contribution < -0.4 is 5.32 Å². The van der Waals surface area contributed by atoms with Gasteiger partial charge in [0.25, 0.3) is 0 Å². The molecular weight excluding hydrogens is 262 g/mol. The Balaban J connectivity index is 1.75. The molecule has 2 atom stereocenters. The summed E-state index contributed by atoms with van der Waals surface area (Å²) in [5.41, 5.74) is 2.35. The second-order valence-electron chi connectivity index (χ2n) is 6.44. The van der Waals surface area contributed by atoms with Crippen molar-refractivity contribution in [3.63, 3.8) is 0 Å². The van der Waals surface area contributed by atoms with Gasteiger partial charge in [0.05, 0.1) is 11.0 Å². The standard InChI is InChI=1S/C17H23N3O/c1-21-11-17-19-15-7-2-3-8-16(15)20(17)14-9-12-5-4-6-13(10-14)18-12/h2-3,7-8,12-14,18H,4-6,9-11H2,1H3. The van der Waals surface area contributed by atoms with Crippen LogP contribution in [-0.2, 0) is 11.3 Å². The highest BCUT2D eigenvalue weighted by molar-refractivity contribution is 5.76. The van der Waals surface area contributed by atoms with Crippen molar-refractivity contribution >= 4 is 11.0 Å². The van der Waals surface area contributed by atoms with E-state index in [-0.39, 0.29) is 0 Å². The summed E-state index contributed by atoms with van der Waals surface area (Å²) in [4.78, 5) is 4.79. The maximum absolute atomic E-state index is 5.38. The molecule has 0 amide bonds. The normalized spacial score (nSPS) is 28.9. The minimum Gasteiger partial charge on any atom is -0.377 e. The van der Waals surface area contributed by atoms with E-state index in [1.165, 1.54) is 37.6 Å². The van der Waals surface area contributed by atoms with Gasteiger partial charge in [0.1, 0.15) is 12.4 Å². The number of hydrogen-bond acceptors (Lipinski definition) is 3. The van der Waals surface area contributed by atoms with Crippen molar-refractivity contribution in [2.75, 3.05) is 7.11 Å². The number of benzene rings is 1. The number of rotatable bonds is 3. The summed E-state index contributed by atoms with van der Waals surface area (Å²) in [6.07, 6.45) is 6.45. The molecule has 1 aromatic heterocycles. The number of aromatic nitrogens is 2. The summed E-state index contributed by atoms with van der Waals surface area (Å²) < 4.78 is 7.83. The van der Waals surface area contributed by atoms with E-state index in [1.54, 1.807) is 7.11 Å². The molecule has 0 aliphatic carbocycles. The fourth-order valence-corrected chi connectivity index (χ4v) is 4.18. The van der Waals surface area contributed by atoms with Crippen molar-refractivity contribution in [3.05, 3.63) is 30.1 Å². The third-order valence-electron chi connectivity index (χ3n) is 5.00. The Labute approximate surface area is 125 Å². The van der Waals surface area contributed by atoms with E-state index in [9.17, 15) is 0 Å². The van der Waals surface area contributed by atoms with Gasteiger partial charge in [-0.1, -0.05) is 18.6 Å². The van der Waals surface area contributed by atoms with Crippen molar-refractivity contribution in [3.8, 4) is 0 Å². The van der Waals surface area contributed by atoms with Gasteiger partial charge < -0.3 is 14.6 Å². The van der Waals surface area contributed by atoms with Gasteiger partial charge in [0.15, 0.2) is 0 Å². The molecule has 2 aliphatic heterocycles. The molecule has 2 saturated heterocycles. The van der Waals surface area contributed by atoms with E-state index in [0.29, 0.717) is 24.7 Å². The maximum Gasteiger partial charge on any atom is 0.136 e. The fraction of sp³-hybridized carbons (Fsp3) is 0.588. The summed E-state index contributed by atoms with van der Waals surface area (Å²) >= 11 is 0. The molecule has 1 N–H and O–H groups in total. The lowest BCUT2D eigenvalue weighted by Crippen LogP contribution is -2.49. The lowest BCUT2D eigenvalue weighted by Gasteiger charge is -2.41. The average molecular weight is 285 g/mol. The van der Waals surface area contributed by atoms with Crippen molar-refractivity contribution in [1.82, 2.24) is 14.9 Å². The molecule has 2 aliphatic rings. The van der Waals surface area contributed by atoms with Crippen LogP contribution in [0.4, 0.5) is 0 Å².